The van der Waals surface area contributed by atoms with Gasteiger partial charge in [-0.25, -0.2) is 9.97 Å². The molecule has 0 unspecified atom stereocenters. The maximum absolute atomic E-state index is 6.03. The van der Waals surface area contributed by atoms with Gasteiger partial charge in [0.1, 0.15) is 21.8 Å². The summed E-state index contributed by atoms with van der Waals surface area (Å²) in [5.41, 5.74) is 1.07. The molecule has 2 heterocycles. The molecule has 0 amide bonds. The first kappa shape index (κ1) is 14.7. The van der Waals surface area contributed by atoms with Crippen molar-refractivity contribution >= 4 is 23.4 Å². The van der Waals surface area contributed by atoms with E-state index in [0.29, 0.717) is 16.9 Å². The molecular weight excluding hydrogens is 330 g/mol. The number of rotatable bonds is 4. The van der Waals surface area contributed by atoms with Gasteiger partial charge in [0.2, 0.25) is 5.16 Å². The second-order valence-electron chi connectivity index (χ2n) is 5.46. The molecule has 5 nitrogen and oxygen atoms in total. The standard InChI is InChI=1S/C16H14ClN5S/c1-10-18-13(17)9-14(19-10)23-16-21-20-15(11-7-8-11)22(16)12-5-3-2-4-6-12/h2-6,9,11H,7-8H2,1H3. The van der Waals surface area contributed by atoms with Crippen LogP contribution in [0.3, 0.4) is 0 Å². The van der Waals surface area contributed by atoms with Crippen molar-refractivity contribution in [3.05, 3.63) is 53.2 Å². The molecule has 7 heteroatoms. The van der Waals surface area contributed by atoms with Gasteiger partial charge in [0.25, 0.3) is 0 Å². The summed E-state index contributed by atoms with van der Waals surface area (Å²) in [5, 5.41) is 10.8. The molecule has 1 saturated carbocycles. The molecule has 1 aliphatic rings. The van der Waals surface area contributed by atoms with E-state index >= 15 is 0 Å². The van der Waals surface area contributed by atoms with Crippen LogP contribution in [0.25, 0.3) is 5.69 Å². The van der Waals surface area contributed by atoms with Crippen LogP contribution >= 0.6 is 23.4 Å². The van der Waals surface area contributed by atoms with E-state index in [2.05, 4.69) is 36.9 Å². The number of halogens is 1. The molecule has 4 rings (SSSR count). The maximum Gasteiger partial charge on any atom is 0.202 e. The quantitative estimate of drug-likeness (QED) is 0.669. The lowest BCUT2D eigenvalue weighted by Gasteiger charge is -2.09. The fraction of sp³-hybridized carbons (Fsp3) is 0.250. The minimum atomic E-state index is 0.438. The van der Waals surface area contributed by atoms with Gasteiger partial charge in [0.05, 0.1) is 0 Å². The number of para-hydroxylation sites is 1. The van der Waals surface area contributed by atoms with E-state index in [9.17, 15) is 0 Å². The van der Waals surface area contributed by atoms with Crippen molar-refractivity contribution in [1.82, 2.24) is 24.7 Å². The van der Waals surface area contributed by atoms with E-state index in [1.807, 2.05) is 25.1 Å². The Hall–Kier alpha value is -1.92. The Balaban J connectivity index is 1.76. The molecule has 23 heavy (non-hydrogen) atoms. The average molecular weight is 344 g/mol. The molecule has 0 N–H and O–H groups in total. The summed E-state index contributed by atoms with van der Waals surface area (Å²) in [6, 6.07) is 11.9. The highest BCUT2D eigenvalue weighted by molar-refractivity contribution is 7.99. The highest BCUT2D eigenvalue weighted by Gasteiger charge is 2.31. The molecule has 0 aliphatic heterocycles. The number of aryl methyl sites for hydroxylation is 1. The molecule has 0 atom stereocenters. The van der Waals surface area contributed by atoms with Crippen molar-refractivity contribution in [3.63, 3.8) is 0 Å². The third kappa shape index (κ3) is 3.09. The van der Waals surface area contributed by atoms with Crippen LogP contribution in [-0.2, 0) is 0 Å². The lowest BCUT2D eigenvalue weighted by atomic mass is 10.3. The van der Waals surface area contributed by atoms with Gasteiger partial charge in [-0.2, -0.15) is 0 Å². The Morgan fingerprint density at radius 1 is 1.13 bits per heavy atom. The van der Waals surface area contributed by atoms with E-state index in [0.717, 1.165) is 21.7 Å². The summed E-state index contributed by atoms with van der Waals surface area (Å²) in [4.78, 5) is 8.52. The number of aromatic nitrogens is 5. The van der Waals surface area contributed by atoms with Crippen LogP contribution in [0.1, 0.15) is 30.4 Å². The number of hydrogen-bond donors (Lipinski definition) is 0. The highest BCUT2D eigenvalue weighted by Crippen LogP contribution is 2.41. The lowest BCUT2D eigenvalue weighted by molar-refractivity contribution is 0.827. The monoisotopic (exact) mass is 343 g/mol. The van der Waals surface area contributed by atoms with E-state index < -0.39 is 0 Å². The number of nitrogens with zero attached hydrogens (tertiary/aromatic N) is 5. The average Bonchev–Trinajstić information content (AvgIpc) is 3.29. The van der Waals surface area contributed by atoms with Crippen molar-refractivity contribution in [2.24, 2.45) is 0 Å². The van der Waals surface area contributed by atoms with E-state index in [1.165, 1.54) is 24.6 Å². The Morgan fingerprint density at radius 3 is 2.61 bits per heavy atom. The molecule has 0 spiro atoms. The van der Waals surface area contributed by atoms with Crippen LogP contribution in [0, 0.1) is 6.92 Å². The third-order valence-electron chi connectivity index (χ3n) is 3.59. The summed E-state index contributed by atoms with van der Waals surface area (Å²) in [7, 11) is 0. The van der Waals surface area contributed by atoms with Gasteiger partial charge in [-0.15, -0.1) is 10.2 Å². The third-order valence-corrected chi connectivity index (χ3v) is 4.65. The van der Waals surface area contributed by atoms with Gasteiger partial charge in [0, 0.05) is 17.7 Å². The fourth-order valence-electron chi connectivity index (χ4n) is 2.42. The topological polar surface area (TPSA) is 56.5 Å². The van der Waals surface area contributed by atoms with Crippen molar-refractivity contribution < 1.29 is 0 Å². The molecule has 0 bridgehead atoms. The molecule has 116 valence electrons. The molecule has 0 radical (unpaired) electrons. The molecule has 0 saturated heterocycles. The smallest absolute Gasteiger partial charge is 0.202 e. The second-order valence-corrected chi connectivity index (χ2v) is 6.84. The predicted octanol–water partition coefficient (Wildman–Crippen LogP) is 4.05. The fourth-order valence-corrected chi connectivity index (χ4v) is 3.62. The van der Waals surface area contributed by atoms with Gasteiger partial charge in [0.15, 0.2) is 0 Å². The summed E-state index contributed by atoms with van der Waals surface area (Å²) in [6.45, 7) is 1.83. The Morgan fingerprint density at radius 2 is 1.91 bits per heavy atom. The van der Waals surface area contributed by atoms with E-state index in [-0.39, 0.29) is 0 Å². The maximum atomic E-state index is 6.03. The molecule has 1 aromatic carbocycles. The molecule has 2 aromatic heterocycles. The first-order valence-electron chi connectivity index (χ1n) is 7.40. The normalized spacial score (nSPS) is 14.2. The Kier molecular flexibility index (Phi) is 3.79. The van der Waals surface area contributed by atoms with Crippen LogP contribution in [0.5, 0.6) is 0 Å². The van der Waals surface area contributed by atoms with Crippen LogP contribution in [0.2, 0.25) is 5.15 Å². The van der Waals surface area contributed by atoms with Crippen LogP contribution in [-0.4, -0.2) is 24.7 Å². The molecule has 1 aliphatic carbocycles. The molecule has 3 aromatic rings. The SMILES string of the molecule is Cc1nc(Cl)cc(Sc2nnc(C3CC3)n2-c2ccccc2)n1. The van der Waals surface area contributed by atoms with E-state index in [4.69, 9.17) is 11.6 Å². The lowest BCUT2D eigenvalue weighted by Crippen LogP contribution is -2.01. The zero-order valence-electron chi connectivity index (χ0n) is 12.5. The van der Waals surface area contributed by atoms with Crippen molar-refractivity contribution in [1.29, 1.82) is 0 Å². The summed E-state index contributed by atoms with van der Waals surface area (Å²) < 4.78 is 2.12. The van der Waals surface area contributed by atoms with Crippen molar-refractivity contribution in [2.75, 3.05) is 0 Å². The van der Waals surface area contributed by atoms with Gasteiger partial charge in [-0.05, 0) is 43.7 Å². The van der Waals surface area contributed by atoms with E-state index in [1.54, 1.807) is 6.07 Å². The summed E-state index contributed by atoms with van der Waals surface area (Å²) in [6.07, 6.45) is 2.35. The molecular formula is C16H14ClN5S. The van der Waals surface area contributed by atoms with Gasteiger partial charge < -0.3 is 0 Å². The number of hydrogen-bond acceptors (Lipinski definition) is 5. The van der Waals surface area contributed by atoms with Crippen LogP contribution < -0.4 is 0 Å². The van der Waals surface area contributed by atoms with Crippen molar-refractivity contribution in [2.45, 2.75) is 35.9 Å². The Labute approximate surface area is 143 Å². The molecule has 1 fully saturated rings. The Bertz CT molecular complexity index is 825. The summed E-state index contributed by atoms with van der Waals surface area (Å²) >= 11 is 7.49. The summed E-state index contributed by atoms with van der Waals surface area (Å²) in [5.74, 6) is 2.18. The second kappa shape index (κ2) is 5.94. The highest BCUT2D eigenvalue weighted by atomic mass is 35.5. The van der Waals surface area contributed by atoms with Crippen LogP contribution in [0.15, 0.2) is 46.6 Å². The first-order chi connectivity index (χ1) is 11.2. The van der Waals surface area contributed by atoms with Crippen molar-refractivity contribution in [3.8, 4) is 5.69 Å². The minimum Gasteiger partial charge on any atom is -0.273 e. The minimum absolute atomic E-state index is 0.438. The van der Waals surface area contributed by atoms with Gasteiger partial charge in [-0.3, -0.25) is 4.57 Å². The zero-order chi connectivity index (χ0) is 15.8. The zero-order valence-corrected chi connectivity index (χ0v) is 14.1. The predicted molar refractivity (Wildman–Crippen MR) is 89.2 cm³/mol. The number of benzene rings is 1. The van der Waals surface area contributed by atoms with Gasteiger partial charge >= 0.3 is 0 Å². The van der Waals surface area contributed by atoms with Crippen LogP contribution in [0.4, 0.5) is 0 Å². The van der Waals surface area contributed by atoms with Gasteiger partial charge in [-0.1, -0.05) is 29.8 Å². The first-order valence-corrected chi connectivity index (χ1v) is 8.60. The largest absolute Gasteiger partial charge is 0.273 e.